The largest absolute Gasteiger partial charge is 0.456 e. The Morgan fingerprint density at radius 1 is 1.11 bits per heavy atom. The Kier molecular flexibility index (Phi) is 8.83. The van der Waals surface area contributed by atoms with E-state index in [1.165, 1.54) is 6.07 Å². The molecular weight excluding hydrogens is 571 g/mol. The second kappa shape index (κ2) is 13.0. The second-order valence-electron chi connectivity index (χ2n) is 12.9. The number of benzene rings is 2. The zero-order valence-corrected chi connectivity index (χ0v) is 26.1. The third kappa shape index (κ3) is 7.32. The first-order chi connectivity index (χ1) is 21.6. The molecule has 4 aromatic rings. The number of carbonyl (C=O) groups excluding carboxylic acids is 1. The molecule has 2 fully saturated rings. The summed E-state index contributed by atoms with van der Waals surface area (Å²) in [5.74, 6) is 1.27. The minimum absolute atomic E-state index is 0.150. The number of aromatic nitrogens is 3. The van der Waals surface area contributed by atoms with E-state index in [1.54, 1.807) is 18.2 Å². The fourth-order valence-electron chi connectivity index (χ4n) is 5.90. The van der Waals surface area contributed by atoms with Crippen LogP contribution in [-0.4, -0.2) is 56.8 Å². The van der Waals surface area contributed by atoms with E-state index >= 15 is 0 Å². The van der Waals surface area contributed by atoms with Crippen LogP contribution in [0.15, 0.2) is 54.6 Å². The van der Waals surface area contributed by atoms with Crippen molar-refractivity contribution in [1.82, 2.24) is 19.4 Å². The molecular formula is C35H39FN6O3. The molecule has 6 rings (SSSR count). The van der Waals surface area contributed by atoms with Crippen molar-refractivity contribution < 1.29 is 18.7 Å². The van der Waals surface area contributed by atoms with Crippen LogP contribution in [0.2, 0.25) is 0 Å². The minimum Gasteiger partial charge on any atom is -0.456 e. The lowest BCUT2D eigenvalue weighted by Gasteiger charge is -2.32. The summed E-state index contributed by atoms with van der Waals surface area (Å²) in [6, 6.07) is 18.0. The highest BCUT2D eigenvalue weighted by atomic mass is 19.1. The zero-order chi connectivity index (χ0) is 31.6. The minimum atomic E-state index is -0.567. The molecule has 2 saturated heterocycles. The summed E-state index contributed by atoms with van der Waals surface area (Å²) in [6.45, 7) is 9.91. The van der Waals surface area contributed by atoms with Crippen molar-refractivity contribution in [2.75, 3.05) is 25.0 Å². The number of imidazole rings is 1. The van der Waals surface area contributed by atoms with Gasteiger partial charge in [-0.25, -0.2) is 19.2 Å². The highest BCUT2D eigenvalue weighted by Gasteiger charge is 2.27. The van der Waals surface area contributed by atoms with Crippen LogP contribution in [0, 0.1) is 17.1 Å². The third-order valence-electron chi connectivity index (χ3n) is 8.43. The molecule has 1 atom stereocenters. The molecule has 234 valence electrons. The molecule has 45 heavy (non-hydrogen) atoms. The van der Waals surface area contributed by atoms with Crippen LogP contribution in [0.1, 0.15) is 79.0 Å². The number of hydrogen-bond acceptors (Lipinski definition) is 8. The van der Waals surface area contributed by atoms with Gasteiger partial charge in [-0.15, -0.1) is 0 Å². The Morgan fingerprint density at radius 3 is 2.60 bits per heavy atom. The standard InChI is InChI=1S/C35H39FN6O3/c1-35(2,3)45-34(43)25-9-10-30-31(18-25)42(21-27-13-16-44-27)33(40-30)22-41-14-11-24(12-15-41)29-5-4-6-32(39-29)38-20-26-8-7-23(19-37)17-28(26)36/h4-10,17-18,24,27H,11-16,20-22H2,1-3H3,(H,38,39). The van der Waals surface area contributed by atoms with Crippen molar-refractivity contribution >= 4 is 22.8 Å². The number of hydrogen-bond donors (Lipinski definition) is 1. The van der Waals surface area contributed by atoms with Gasteiger partial charge in [0, 0.05) is 30.3 Å². The Bertz CT molecular complexity index is 1730. The van der Waals surface area contributed by atoms with Gasteiger partial charge in [-0.2, -0.15) is 5.26 Å². The van der Waals surface area contributed by atoms with Crippen molar-refractivity contribution in [3.8, 4) is 6.07 Å². The molecule has 0 saturated carbocycles. The Balaban J connectivity index is 1.11. The molecule has 0 amide bonds. The van der Waals surface area contributed by atoms with E-state index in [0.29, 0.717) is 48.1 Å². The average molecular weight is 611 g/mol. The van der Waals surface area contributed by atoms with Crippen molar-refractivity contribution in [2.45, 2.75) is 77.3 Å². The lowest BCUT2D eigenvalue weighted by atomic mass is 9.93. The van der Waals surface area contributed by atoms with Crippen molar-refractivity contribution in [3.63, 3.8) is 0 Å². The van der Waals surface area contributed by atoms with E-state index in [0.717, 1.165) is 61.5 Å². The molecule has 0 spiro atoms. The number of fused-ring (bicyclic) bond motifs is 1. The first-order valence-electron chi connectivity index (χ1n) is 15.6. The lowest BCUT2D eigenvalue weighted by molar-refractivity contribution is -0.0592. The van der Waals surface area contributed by atoms with Gasteiger partial charge < -0.3 is 19.4 Å². The highest BCUT2D eigenvalue weighted by Crippen LogP contribution is 2.30. The van der Waals surface area contributed by atoms with Crippen molar-refractivity contribution in [2.24, 2.45) is 0 Å². The van der Waals surface area contributed by atoms with Crippen LogP contribution in [0.5, 0.6) is 0 Å². The maximum Gasteiger partial charge on any atom is 0.338 e. The van der Waals surface area contributed by atoms with Gasteiger partial charge in [0.05, 0.1) is 47.4 Å². The van der Waals surface area contributed by atoms with Gasteiger partial charge >= 0.3 is 5.97 Å². The Hall–Kier alpha value is -4.33. The molecule has 0 bridgehead atoms. The van der Waals surface area contributed by atoms with Crippen LogP contribution >= 0.6 is 0 Å². The van der Waals surface area contributed by atoms with E-state index in [4.69, 9.17) is 24.7 Å². The number of likely N-dealkylation sites (tertiary alicyclic amines) is 1. The number of nitrogens with zero attached hydrogens (tertiary/aromatic N) is 5. The van der Waals surface area contributed by atoms with Gasteiger partial charge in [-0.05, 0) is 95.6 Å². The number of nitriles is 1. The topological polar surface area (TPSA) is 105 Å². The summed E-state index contributed by atoms with van der Waals surface area (Å²) < 4.78 is 27.9. The summed E-state index contributed by atoms with van der Waals surface area (Å²) in [7, 11) is 0. The van der Waals surface area contributed by atoms with E-state index in [1.807, 2.05) is 51.1 Å². The summed E-state index contributed by atoms with van der Waals surface area (Å²) in [4.78, 5) is 25.1. The average Bonchev–Trinajstić information content (AvgIpc) is 3.33. The van der Waals surface area contributed by atoms with E-state index in [2.05, 4.69) is 20.9 Å². The summed E-state index contributed by atoms with van der Waals surface area (Å²) >= 11 is 0. The van der Waals surface area contributed by atoms with E-state index < -0.39 is 11.4 Å². The fraction of sp³-hybridized carbons (Fsp3) is 0.429. The summed E-state index contributed by atoms with van der Waals surface area (Å²) in [5.41, 5.74) is 3.57. The number of carbonyl (C=O) groups is 1. The first kappa shape index (κ1) is 30.7. The lowest BCUT2D eigenvalue weighted by Crippen LogP contribution is -2.35. The zero-order valence-electron chi connectivity index (χ0n) is 26.1. The quantitative estimate of drug-likeness (QED) is 0.224. The Morgan fingerprint density at radius 2 is 1.91 bits per heavy atom. The maximum absolute atomic E-state index is 14.3. The van der Waals surface area contributed by atoms with Crippen molar-refractivity contribution in [3.05, 3.63) is 88.6 Å². The number of nitrogens with one attached hydrogen (secondary N) is 1. The number of pyridine rings is 1. The molecule has 10 heteroatoms. The summed E-state index contributed by atoms with van der Waals surface area (Å²) in [5, 5.41) is 12.2. The van der Waals surface area contributed by atoms with E-state index in [-0.39, 0.29) is 12.1 Å². The van der Waals surface area contributed by atoms with Gasteiger partial charge in [-0.1, -0.05) is 12.1 Å². The van der Waals surface area contributed by atoms with Crippen LogP contribution in [0.3, 0.4) is 0 Å². The molecule has 1 N–H and O–H groups in total. The van der Waals surface area contributed by atoms with Gasteiger partial charge in [0.15, 0.2) is 0 Å². The number of ether oxygens (including phenoxy) is 2. The van der Waals surface area contributed by atoms with Crippen LogP contribution in [0.4, 0.5) is 10.2 Å². The van der Waals surface area contributed by atoms with Crippen molar-refractivity contribution in [1.29, 1.82) is 5.26 Å². The monoisotopic (exact) mass is 610 g/mol. The van der Waals surface area contributed by atoms with E-state index in [9.17, 15) is 9.18 Å². The number of esters is 1. The maximum atomic E-state index is 14.3. The van der Waals surface area contributed by atoms with Gasteiger partial charge in [0.1, 0.15) is 23.1 Å². The molecule has 2 aromatic heterocycles. The highest BCUT2D eigenvalue weighted by molar-refractivity contribution is 5.94. The molecule has 4 heterocycles. The predicted molar refractivity (Wildman–Crippen MR) is 169 cm³/mol. The third-order valence-corrected chi connectivity index (χ3v) is 8.43. The molecule has 2 aromatic carbocycles. The van der Waals surface area contributed by atoms with Gasteiger partial charge in [-0.3, -0.25) is 4.90 Å². The fourth-order valence-corrected chi connectivity index (χ4v) is 5.90. The number of anilines is 1. The molecule has 0 radical (unpaired) electrons. The summed E-state index contributed by atoms with van der Waals surface area (Å²) in [6.07, 6.45) is 3.10. The number of rotatable bonds is 9. The van der Waals surface area contributed by atoms with Crippen LogP contribution in [-0.2, 0) is 29.1 Å². The molecule has 2 aliphatic rings. The molecule has 1 unspecified atom stereocenters. The van der Waals surface area contributed by atoms with Crippen LogP contribution in [0.25, 0.3) is 11.0 Å². The van der Waals surface area contributed by atoms with Gasteiger partial charge in [0.2, 0.25) is 0 Å². The second-order valence-corrected chi connectivity index (χ2v) is 12.9. The van der Waals surface area contributed by atoms with Gasteiger partial charge in [0.25, 0.3) is 0 Å². The molecule has 2 aliphatic heterocycles. The number of halogens is 1. The molecule has 0 aliphatic carbocycles. The SMILES string of the molecule is CC(C)(C)OC(=O)c1ccc2nc(CN3CCC(c4cccc(NCc5ccc(C#N)cc5F)n4)CC3)n(CC3CCO3)c2c1. The smallest absolute Gasteiger partial charge is 0.338 e. The Labute approximate surface area is 263 Å². The predicted octanol–water partition coefficient (Wildman–Crippen LogP) is 6.18. The first-order valence-corrected chi connectivity index (χ1v) is 15.6. The molecule has 9 nitrogen and oxygen atoms in total. The number of piperidine rings is 1. The van der Waals surface area contributed by atoms with Crippen LogP contribution < -0.4 is 5.32 Å². The normalized spacial score (nSPS) is 17.5.